The summed E-state index contributed by atoms with van der Waals surface area (Å²) in [5.41, 5.74) is 2.09. The van der Waals surface area contributed by atoms with Crippen LogP contribution in [0.5, 0.6) is 0 Å². The van der Waals surface area contributed by atoms with Crippen LogP contribution in [-0.4, -0.2) is 45.9 Å². The van der Waals surface area contributed by atoms with E-state index in [1.165, 1.54) is 0 Å². The maximum Gasteiger partial charge on any atom is 0.407 e. The van der Waals surface area contributed by atoms with Gasteiger partial charge in [0.1, 0.15) is 5.60 Å². The van der Waals surface area contributed by atoms with Gasteiger partial charge in [-0.25, -0.2) is 19.7 Å². The molecule has 0 aliphatic carbocycles. The lowest BCUT2D eigenvalue weighted by Crippen LogP contribution is -2.32. The summed E-state index contributed by atoms with van der Waals surface area (Å²) in [5.74, 6) is 0.499. The fraction of sp³-hybridized carbons (Fsp3) is 0.417. The van der Waals surface area contributed by atoms with Gasteiger partial charge in [0.05, 0.1) is 16.7 Å². The van der Waals surface area contributed by atoms with Crippen molar-refractivity contribution in [2.75, 3.05) is 23.8 Å². The fourth-order valence-electron chi connectivity index (χ4n) is 3.36. The third kappa shape index (κ3) is 7.13. The number of rotatable bonds is 8. The molecule has 34 heavy (non-hydrogen) atoms. The minimum Gasteiger partial charge on any atom is -0.444 e. The van der Waals surface area contributed by atoms with E-state index in [-0.39, 0.29) is 6.10 Å². The summed E-state index contributed by atoms with van der Waals surface area (Å²) < 4.78 is 10.9. The van der Waals surface area contributed by atoms with Crippen molar-refractivity contribution in [2.45, 2.75) is 51.9 Å². The Balaban J connectivity index is 1.31. The smallest absolute Gasteiger partial charge is 0.407 e. The van der Waals surface area contributed by atoms with Gasteiger partial charge in [-0.3, -0.25) is 0 Å². The normalized spacial score (nSPS) is 15.7. The molecule has 2 aromatic heterocycles. The molecule has 0 spiro atoms. The van der Waals surface area contributed by atoms with E-state index in [0.717, 1.165) is 52.9 Å². The molecule has 0 radical (unpaired) electrons. The first kappa shape index (κ1) is 23.9. The van der Waals surface area contributed by atoms with Crippen molar-refractivity contribution in [1.82, 2.24) is 20.3 Å². The molecule has 1 aliphatic rings. The molecule has 3 aromatic rings. The molecule has 3 heterocycles. The zero-order valence-corrected chi connectivity index (χ0v) is 20.4. The maximum atomic E-state index is 11.8. The highest BCUT2D eigenvalue weighted by molar-refractivity contribution is 7.18. The number of thiazole rings is 1. The topological polar surface area (TPSA) is 110 Å². The van der Waals surface area contributed by atoms with Crippen LogP contribution in [0.15, 0.2) is 42.7 Å². The number of hydrogen-bond donors (Lipinski definition) is 3. The number of ether oxygens (including phenoxy) is 2. The molecule has 0 bridgehead atoms. The summed E-state index contributed by atoms with van der Waals surface area (Å²) in [6.07, 6.45) is 5.59. The highest BCUT2D eigenvalue weighted by Gasteiger charge is 2.17. The molecule has 9 nitrogen and oxygen atoms in total. The first-order chi connectivity index (χ1) is 16.3. The van der Waals surface area contributed by atoms with Crippen molar-refractivity contribution in [3.8, 4) is 10.6 Å². The molecule has 1 unspecified atom stereocenters. The monoisotopic (exact) mass is 482 g/mol. The molecule has 180 valence electrons. The lowest BCUT2D eigenvalue weighted by molar-refractivity contribution is 0.0523. The van der Waals surface area contributed by atoms with Crippen LogP contribution in [0.1, 0.15) is 39.2 Å². The number of amides is 1. The standard InChI is InChI=1S/C24H30N6O3S/c1-24(2,3)33-23(31)28-13-16-6-8-17(9-7-16)29-21-25-11-10-19(30-21)20-15-27-22(34-20)26-14-18-5-4-12-32-18/h6-11,15,18H,4-5,12-14H2,1-3H3,(H,26,27)(H,28,31)(H,25,29,30). The second kappa shape index (κ2) is 10.8. The summed E-state index contributed by atoms with van der Waals surface area (Å²) in [4.78, 5) is 26.2. The van der Waals surface area contributed by atoms with Gasteiger partial charge in [0.15, 0.2) is 5.13 Å². The summed E-state index contributed by atoms with van der Waals surface area (Å²) in [6, 6.07) is 9.56. The molecule has 1 fully saturated rings. The average Bonchev–Trinajstić information content (AvgIpc) is 3.48. The molecule has 3 N–H and O–H groups in total. The molecular weight excluding hydrogens is 452 g/mol. The van der Waals surface area contributed by atoms with E-state index in [4.69, 9.17) is 9.47 Å². The summed E-state index contributed by atoms with van der Waals surface area (Å²) in [7, 11) is 0. The minimum absolute atomic E-state index is 0.265. The lowest BCUT2D eigenvalue weighted by Gasteiger charge is -2.19. The van der Waals surface area contributed by atoms with Crippen molar-refractivity contribution in [2.24, 2.45) is 0 Å². The van der Waals surface area contributed by atoms with Crippen LogP contribution in [-0.2, 0) is 16.0 Å². The summed E-state index contributed by atoms with van der Waals surface area (Å²) >= 11 is 1.56. The number of alkyl carbamates (subject to hydrolysis) is 1. The Morgan fingerprint density at radius 1 is 1.21 bits per heavy atom. The van der Waals surface area contributed by atoms with Crippen molar-refractivity contribution >= 4 is 34.2 Å². The highest BCUT2D eigenvalue weighted by Crippen LogP contribution is 2.28. The Labute approximate surface area is 203 Å². The number of nitrogens with one attached hydrogen (secondary N) is 3. The molecular formula is C24H30N6O3S. The number of carbonyl (C=O) groups excluding carboxylic acids is 1. The Hall–Kier alpha value is -3.24. The molecule has 1 aliphatic heterocycles. The third-order valence-electron chi connectivity index (χ3n) is 4.96. The highest BCUT2D eigenvalue weighted by atomic mass is 32.1. The first-order valence-corrected chi connectivity index (χ1v) is 12.1. The van der Waals surface area contributed by atoms with E-state index in [1.807, 2.05) is 57.3 Å². The third-order valence-corrected chi connectivity index (χ3v) is 5.94. The van der Waals surface area contributed by atoms with Crippen LogP contribution in [0, 0.1) is 0 Å². The number of aromatic nitrogens is 3. The van der Waals surface area contributed by atoms with Crippen molar-refractivity contribution in [1.29, 1.82) is 0 Å². The second-order valence-electron chi connectivity index (χ2n) is 8.99. The molecule has 1 amide bonds. The van der Waals surface area contributed by atoms with E-state index in [9.17, 15) is 4.79 Å². The Kier molecular flexibility index (Phi) is 7.59. The zero-order chi connectivity index (χ0) is 24.0. The van der Waals surface area contributed by atoms with Crippen LogP contribution in [0.4, 0.5) is 21.6 Å². The Morgan fingerprint density at radius 2 is 2.03 bits per heavy atom. The van der Waals surface area contributed by atoms with E-state index in [0.29, 0.717) is 12.5 Å². The quantitative estimate of drug-likeness (QED) is 0.413. The van der Waals surface area contributed by atoms with E-state index < -0.39 is 11.7 Å². The van der Waals surface area contributed by atoms with Crippen molar-refractivity contribution in [3.05, 3.63) is 48.3 Å². The largest absolute Gasteiger partial charge is 0.444 e. The van der Waals surface area contributed by atoms with Gasteiger partial charge in [-0.1, -0.05) is 23.5 Å². The van der Waals surface area contributed by atoms with E-state index >= 15 is 0 Å². The predicted octanol–water partition coefficient (Wildman–Crippen LogP) is 4.96. The van der Waals surface area contributed by atoms with Crippen molar-refractivity contribution < 1.29 is 14.3 Å². The molecule has 0 saturated carbocycles. The van der Waals surface area contributed by atoms with Gasteiger partial charge in [0.2, 0.25) is 5.95 Å². The Morgan fingerprint density at radius 3 is 2.76 bits per heavy atom. The zero-order valence-electron chi connectivity index (χ0n) is 19.6. The molecule has 1 atom stereocenters. The number of nitrogens with zero attached hydrogens (tertiary/aromatic N) is 3. The second-order valence-corrected chi connectivity index (χ2v) is 10.0. The van der Waals surface area contributed by atoms with Gasteiger partial charge in [0.25, 0.3) is 0 Å². The summed E-state index contributed by atoms with van der Waals surface area (Å²) in [5, 5.41) is 10.2. The summed E-state index contributed by atoms with van der Waals surface area (Å²) in [6.45, 7) is 7.51. The van der Waals surface area contributed by atoms with Gasteiger partial charge < -0.3 is 25.4 Å². The molecule has 10 heteroatoms. The van der Waals surface area contributed by atoms with Crippen LogP contribution in [0.2, 0.25) is 0 Å². The molecule has 4 rings (SSSR count). The number of anilines is 3. The SMILES string of the molecule is CC(C)(C)OC(=O)NCc1ccc(Nc2nccc(-c3cnc(NCC4CCCO4)s3)n2)cc1. The maximum absolute atomic E-state index is 11.8. The lowest BCUT2D eigenvalue weighted by atomic mass is 10.2. The van der Waals surface area contributed by atoms with Crippen LogP contribution >= 0.6 is 11.3 Å². The predicted molar refractivity (Wildman–Crippen MR) is 133 cm³/mol. The van der Waals surface area contributed by atoms with Crippen LogP contribution < -0.4 is 16.0 Å². The number of hydrogen-bond acceptors (Lipinski definition) is 9. The van der Waals surface area contributed by atoms with Gasteiger partial charge >= 0.3 is 6.09 Å². The number of carbonyl (C=O) groups is 1. The van der Waals surface area contributed by atoms with Gasteiger partial charge in [-0.05, 0) is 57.4 Å². The average molecular weight is 483 g/mol. The molecule has 1 saturated heterocycles. The Bertz CT molecular complexity index is 1090. The van der Waals surface area contributed by atoms with Gasteiger partial charge in [-0.2, -0.15) is 0 Å². The van der Waals surface area contributed by atoms with Crippen LogP contribution in [0.3, 0.4) is 0 Å². The van der Waals surface area contributed by atoms with E-state index in [1.54, 1.807) is 17.5 Å². The molecule has 1 aromatic carbocycles. The van der Waals surface area contributed by atoms with E-state index in [2.05, 4.69) is 30.9 Å². The van der Waals surface area contributed by atoms with Gasteiger partial charge in [0, 0.05) is 37.8 Å². The minimum atomic E-state index is -0.520. The fourth-order valence-corrected chi connectivity index (χ4v) is 4.15. The van der Waals surface area contributed by atoms with Crippen LogP contribution in [0.25, 0.3) is 10.6 Å². The number of benzene rings is 1. The first-order valence-electron chi connectivity index (χ1n) is 11.3. The van der Waals surface area contributed by atoms with Crippen molar-refractivity contribution in [3.63, 3.8) is 0 Å². The van der Waals surface area contributed by atoms with Gasteiger partial charge in [-0.15, -0.1) is 0 Å².